The number of nitrogens with one attached hydrogen (secondary N) is 1. The van der Waals surface area contributed by atoms with Gasteiger partial charge in [0, 0.05) is 15.4 Å². The normalized spacial score (nSPS) is 15.6. The van der Waals surface area contributed by atoms with Crippen molar-refractivity contribution >= 4 is 17.0 Å². The first kappa shape index (κ1) is 14.6. The van der Waals surface area contributed by atoms with E-state index in [4.69, 9.17) is 0 Å². The Bertz CT molecular complexity index is 603. The second-order valence-electron chi connectivity index (χ2n) is 6.13. The zero-order valence-electron chi connectivity index (χ0n) is 13.3. The molecule has 1 atom stereocenters. The molecule has 0 fully saturated rings. The van der Waals surface area contributed by atoms with Gasteiger partial charge in [0.05, 0.1) is 6.04 Å². The smallest absolute Gasteiger partial charge is 0.0578 e. The van der Waals surface area contributed by atoms with E-state index in [9.17, 15) is 0 Å². The van der Waals surface area contributed by atoms with Crippen molar-refractivity contribution in [3.63, 3.8) is 0 Å². The van der Waals surface area contributed by atoms with E-state index < -0.39 is 0 Å². The minimum absolute atomic E-state index is 0.395. The number of para-hydroxylation sites is 1. The van der Waals surface area contributed by atoms with Crippen molar-refractivity contribution in [2.24, 2.45) is 0 Å². The minimum Gasteiger partial charge on any atom is -0.377 e. The van der Waals surface area contributed by atoms with E-state index in [0.29, 0.717) is 6.04 Å². The monoisotopic (exact) mass is 299 g/mol. The van der Waals surface area contributed by atoms with Gasteiger partial charge in [-0.2, -0.15) is 0 Å². The molecule has 1 aliphatic carbocycles. The molecular weight excluding hydrogens is 274 g/mol. The van der Waals surface area contributed by atoms with Gasteiger partial charge < -0.3 is 5.32 Å². The summed E-state index contributed by atoms with van der Waals surface area (Å²) in [7, 11) is 0. The van der Waals surface area contributed by atoms with Crippen molar-refractivity contribution < 1.29 is 0 Å². The van der Waals surface area contributed by atoms with E-state index in [1.54, 1.807) is 10.4 Å². The molecule has 2 aromatic rings. The highest BCUT2D eigenvalue weighted by Gasteiger charge is 2.17. The molecule has 1 nitrogen and oxygen atoms in total. The molecule has 1 aromatic carbocycles. The molecule has 21 heavy (non-hydrogen) atoms. The largest absolute Gasteiger partial charge is 0.377 e. The summed E-state index contributed by atoms with van der Waals surface area (Å²) in [4.78, 5) is 3.12. The van der Waals surface area contributed by atoms with Crippen LogP contribution in [-0.2, 0) is 19.3 Å². The predicted molar refractivity (Wildman–Crippen MR) is 93.6 cm³/mol. The molecule has 0 amide bonds. The molecular formula is C19H25NS. The maximum Gasteiger partial charge on any atom is 0.0578 e. The number of thiophene rings is 1. The topological polar surface area (TPSA) is 12.0 Å². The summed E-state index contributed by atoms with van der Waals surface area (Å²) >= 11 is 2.02. The highest BCUT2D eigenvalue weighted by Crippen LogP contribution is 2.35. The van der Waals surface area contributed by atoms with Crippen LogP contribution in [0.25, 0.3) is 0 Å². The average molecular weight is 299 g/mol. The molecule has 0 saturated carbocycles. The number of fused-ring (bicyclic) bond motifs is 1. The Morgan fingerprint density at radius 1 is 1.24 bits per heavy atom. The van der Waals surface area contributed by atoms with E-state index in [2.05, 4.69) is 50.4 Å². The third kappa shape index (κ3) is 3.01. The second-order valence-corrected chi connectivity index (χ2v) is 7.30. The number of aryl methyl sites for hydroxylation is 4. The second kappa shape index (κ2) is 6.23. The first-order valence-corrected chi connectivity index (χ1v) is 8.97. The average Bonchev–Trinajstić information content (AvgIpc) is 2.93. The van der Waals surface area contributed by atoms with E-state index in [1.807, 2.05) is 11.3 Å². The van der Waals surface area contributed by atoms with Gasteiger partial charge in [0.25, 0.3) is 0 Å². The minimum atomic E-state index is 0.395. The molecule has 0 bridgehead atoms. The van der Waals surface area contributed by atoms with E-state index in [1.165, 1.54) is 47.4 Å². The van der Waals surface area contributed by atoms with Gasteiger partial charge in [0.15, 0.2) is 0 Å². The number of hydrogen-bond donors (Lipinski definition) is 1. The Kier molecular flexibility index (Phi) is 4.34. The van der Waals surface area contributed by atoms with Gasteiger partial charge in [-0.3, -0.25) is 0 Å². The number of hydrogen-bond acceptors (Lipinski definition) is 2. The first-order chi connectivity index (χ1) is 10.2. The maximum atomic E-state index is 3.77. The first-order valence-electron chi connectivity index (χ1n) is 8.15. The third-order valence-corrected chi connectivity index (χ3v) is 5.96. The molecule has 1 unspecified atom stereocenters. The number of benzene rings is 1. The van der Waals surface area contributed by atoms with Gasteiger partial charge in [-0.1, -0.05) is 25.1 Å². The molecule has 2 heteroatoms. The van der Waals surface area contributed by atoms with Crippen LogP contribution in [0.4, 0.5) is 5.69 Å². The molecule has 0 spiro atoms. The molecule has 1 N–H and O–H groups in total. The molecule has 1 heterocycles. The molecule has 112 valence electrons. The highest BCUT2D eigenvalue weighted by molar-refractivity contribution is 7.12. The Morgan fingerprint density at radius 2 is 2.05 bits per heavy atom. The molecule has 0 radical (unpaired) electrons. The van der Waals surface area contributed by atoms with Crippen LogP contribution in [0.3, 0.4) is 0 Å². The quantitative estimate of drug-likeness (QED) is 0.767. The summed E-state index contributed by atoms with van der Waals surface area (Å²) < 4.78 is 0. The zero-order chi connectivity index (χ0) is 14.8. The van der Waals surface area contributed by atoms with Crippen molar-refractivity contribution in [3.05, 3.63) is 50.7 Å². The van der Waals surface area contributed by atoms with Crippen LogP contribution in [0, 0.1) is 6.92 Å². The van der Waals surface area contributed by atoms with E-state index in [-0.39, 0.29) is 0 Å². The fraction of sp³-hybridized carbons (Fsp3) is 0.474. The molecule has 0 saturated heterocycles. The Morgan fingerprint density at radius 3 is 2.81 bits per heavy atom. The van der Waals surface area contributed by atoms with Gasteiger partial charge in [-0.15, -0.1) is 11.3 Å². The number of rotatable bonds is 4. The fourth-order valence-electron chi connectivity index (χ4n) is 3.24. The SMILES string of the molecule is CCc1cccc(C)c1NC(C)c1cc2c(s1)CCCC2. The van der Waals surface area contributed by atoms with E-state index >= 15 is 0 Å². The van der Waals surface area contributed by atoms with Crippen molar-refractivity contribution in [2.45, 2.75) is 58.9 Å². The summed E-state index contributed by atoms with van der Waals surface area (Å²) in [6, 6.07) is 9.44. The summed E-state index contributed by atoms with van der Waals surface area (Å²) in [6.45, 7) is 6.73. The van der Waals surface area contributed by atoms with Gasteiger partial charge >= 0.3 is 0 Å². The molecule has 1 aromatic heterocycles. The van der Waals surface area contributed by atoms with Crippen molar-refractivity contribution in [2.75, 3.05) is 5.32 Å². The summed E-state index contributed by atoms with van der Waals surface area (Å²) in [5.41, 5.74) is 5.71. The van der Waals surface area contributed by atoms with Crippen LogP contribution in [-0.4, -0.2) is 0 Å². The van der Waals surface area contributed by atoms with E-state index in [0.717, 1.165) is 6.42 Å². The maximum absolute atomic E-state index is 3.77. The lowest BCUT2D eigenvalue weighted by atomic mass is 9.99. The molecule has 3 rings (SSSR count). The van der Waals surface area contributed by atoms with Crippen molar-refractivity contribution in [1.29, 1.82) is 0 Å². The van der Waals surface area contributed by atoms with Crippen LogP contribution in [0.2, 0.25) is 0 Å². The van der Waals surface area contributed by atoms with Crippen LogP contribution < -0.4 is 5.32 Å². The molecule has 1 aliphatic rings. The summed E-state index contributed by atoms with van der Waals surface area (Å²) in [5, 5.41) is 3.77. The Balaban J connectivity index is 1.83. The summed E-state index contributed by atoms with van der Waals surface area (Å²) in [6.07, 6.45) is 6.38. The third-order valence-electron chi connectivity index (χ3n) is 4.54. The van der Waals surface area contributed by atoms with Crippen LogP contribution in [0.1, 0.15) is 59.2 Å². The summed E-state index contributed by atoms with van der Waals surface area (Å²) in [5.74, 6) is 0. The highest BCUT2D eigenvalue weighted by atomic mass is 32.1. The van der Waals surface area contributed by atoms with Gasteiger partial charge in [-0.25, -0.2) is 0 Å². The lowest BCUT2D eigenvalue weighted by Crippen LogP contribution is -2.08. The van der Waals surface area contributed by atoms with Gasteiger partial charge in [0.1, 0.15) is 0 Å². The lowest BCUT2D eigenvalue weighted by molar-refractivity contribution is 0.696. The van der Waals surface area contributed by atoms with Gasteiger partial charge in [-0.05, 0) is 68.7 Å². The van der Waals surface area contributed by atoms with Crippen molar-refractivity contribution in [1.82, 2.24) is 0 Å². The standard InChI is InChI=1S/C19H25NS/c1-4-15-10-7-8-13(2)19(15)20-14(3)18-12-16-9-5-6-11-17(16)21-18/h7-8,10,12,14,20H,4-6,9,11H2,1-3H3. The predicted octanol–water partition coefficient (Wildman–Crippen LogP) is 5.67. The fourth-order valence-corrected chi connectivity index (χ4v) is 4.50. The van der Waals surface area contributed by atoms with Crippen LogP contribution >= 0.6 is 11.3 Å². The molecule has 0 aliphatic heterocycles. The Hall–Kier alpha value is -1.28. The Labute approximate surface area is 132 Å². The van der Waals surface area contributed by atoms with Crippen molar-refractivity contribution in [3.8, 4) is 0 Å². The lowest BCUT2D eigenvalue weighted by Gasteiger charge is -2.19. The van der Waals surface area contributed by atoms with Gasteiger partial charge in [0.2, 0.25) is 0 Å². The zero-order valence-corrected chi connectivity index (χ0v) is 14.1. The van der Waals surface area contributed by atoms with Crippen LogP contribution in [0.5, 0.6) is 0 Å². The van der Waals surface area contributed by atoms with Crippen LogP contribution in [0.15, 0.2) is 24.3 Å². The number of anilines is 1.